The van der Waals surface area contributed by atoms with Crippen LogP contribution in [0.15, 0.2) is 66.2 Å². The van der Waals surface area contributed by atoms with E-state index in [1.54, 1.807) is 37.3 Å². The van der Waals surface area contributed by atoms with Gasteiger partial charge in [0.1, 0.15) is 17.3 Å². The third kappa shape index (κ3) is 4.86. The van der Waals surface area contributed by atoms with Gasteiger partial charge in [0, 0.05) is 12.1 Å². The Kier molecular flexibility index (Phi) is 7.07. The van der Waals surface area contributed by atoms with E-state index in [2.05, 4.69) is 0 Å². The molecule has 3 aromatic carbocycles. The second-order valence-corrected chi connectivity index (χ2v) is 8.85. The summed E-state index contributed by atoms with van der Waals surface area (Å²) in [5.41, 5.74) is 1.27. The number of carbonyl (C=O) groups excluding carboxylic acids is 2. The van der Waals surface area contributed by atoms with Gasteiger partial charge in [-0.1, -0.05) is 30.3 Å². The van der Waals surface area contributed by atoms with Gasteiger partial charge in [-0.05, 0) is 73.7 Å². The Morgan fingerprint density at radius 1 is 0.943 bits per heavy atom. The molecule has 3 aromatic rings. The summed E-state index contributed by atoms with van der Waals surface area (Å²) in [6, 6.07) is 17.6. The standard InChI is InChI=1S/C28H30N2O5/c1-29(2)13-6-14-30-25(20-7-5-8-22(17-20)34-3)24(27(32)28(30)33)26(31)21-10-9-19-16-23(35-4)12-11-18(19)15-21/h5,7-12,15-17,25,31H,6,13-14H2,1-4H3/b26-24+. The maximum Gasteiger partial charge on any atom is 0.295 e. The van der Waals surface area contributed by atoms with E-state index >= 15 is 0 Å². The summed E-state index contributed by atoms with van der Waals surface area (Å²) in [5.74, 6) is -0.139. The number of aliphatic hydroxyl groups is 1. The Bertz CT molecular complexity index is 1300. The third-order valence-corrected chi connectivity index (χ3v) is 6.27. The van der Waals surface area contributed by atoms with Gasteiger partial charge < -0.3 is 24.4 Å². The SMILES string of the molecule is COc1cccc(C2/C(=C(\O)c3ccc4cc(OC)ccc4c3)C(=O)C(=O)N2CCCN(C)C)c1. The molecule has 4 rings (SSSR count). The molecule has 7 nitrogen and oxygen atoms in total. The van der Waals surface area contributed by atoms with Crippen LogP contribution in [0.2, 0.25) is 0 Å². The van der Waals surface area contributed by atoms with E-state index in [1.165, 1.54) is 0 Å². The van der Waals surface area contributed by atoms with E-state index in [-0.39, 0.29) is 11.3 Å². The van der Waals surface area contributed by atoms with E-state index in [4.69, 9.17) is 9.47 Å². The average molecular weight is 475 g/mol. The quantitative estimate of drug-likeness (QED) is 0.299. The summed E-state index contributed by atoms with van der Waals surface area (Å²) in [6.07, 6.45) is 0.693. The summed E-state index contributed by atoms with van der Waals surface area (Å²) in [5, 5.41) is 13.2. The van der Waals surface area contributed by atoms with Crippen LogP contribution in [-0.2, 0) is 9.59 Å². The van der Waals surface area contributed by atoms with Gasteiger partial charge in [-0.3, -0.25) is 9.59 Å². The third-order valence-electron chi connectivity index (χ3n) is 6.27. The summed E-state index contributed by atoms with van der Waals surface area (Å²) in [4.78, 5) is 29.9. The first-order chi connectivity index (χ1) is 16.8. The van der Waals surface area contributed by atoms with Crippen LogP contribution in [-0.4, -0.2) is 68.0 Å². The largest absolute Gasteiger partial charge is 0.507 e. The number of hydrogen-bond acceptors (Lipinski definition) is 6. The van der Waals surface area contributed by atoms with Crippen molar-refractivity contribution in [1.82, 2.24) is 9.80 Å². The van der Waals surface area contributed by atoms with Crippen LogP contribution >= 0.6 is 0 Å². The van der Waals surface area contributed by atoms with E-state index in [9.17, 15) is 14.7 Å². The van der Waals surface area contributed by atoms with Crippen molar-refractivity contribution in [2.75, 3.05) is 41.4 Å². The van der Waals surface area contributed by atoms with Crippen LogP contribution in [0.1, 0.15) is 23.6 Å². The van der Waals surface area contributed by atoms with Gasteiger partial charge in [-0.25, -0.2) is 0 Å². The molecule has 0 bridgehead atoms. The lowest BCUT2D eigenvalue weighted by Gasteiger charge is -2.26. The molecule has 182 valence electrons. The number of Topliss-reactive ketones (excluding diaryl/α,β-unsaturated/α-hetero) is 1. The molecule has 7 heteroatoms. The Labute approximate surface area is 205 Å². The number of benzene rings is 3. The highest BCUT2D eigenvalue weighted by Gasteiger charge is 2.45. The molecule has 1 aliphatic rings. The predicted octanol–water partition coefficient (Wildman–Crippen LogP) is 4.23. The first-order valence-corrected chi connectivity index (χ1v) is 11.5. The number of aliphatic hydroxyl groups excluding tert-OH is 1. The molecule has 0 aliphatic carbocycles. The topological polar surface area (TPSA) is 79.3 Å². The number of nitrogens with zero attached hydrogens (tertiary/aromatic N) is 2. The summed E-state index contributed by atoms with van der Waals surface area (Å²) < 4.78 is 10.7. The number of rotatable bonds is 8. The molecular formula is C28H30N2O5. The van der Waals surface area contributed by atoms with E-state index in [1.807, 2.05) is 61.5 Å². The smallest absolute Gasteiger partial charge is 0.295 e. The highest BCUT2D eigenvalue weighted by Crippen LogP contribution is 2.40. The molecule has 35 heavy (non-hydrogen) atoms. The van der Waals surface area contributed by atoms with Gasteiger partial charge in [-0.2, -0.15) is 0 Å². The van der Waals surface area contributed by atoms with Gasteiger partial charge in [0.2, 0.25) is 0 Å². The first kappa shape index (κ1) is 24.3. The van der Waals surface area contributed by atoms with Crippen LogP contribution in [0.25, 0.3) is 16.5 Å². The normalized spacial score (nSPS) is 17.4. The number of carbonyl (C=O) groups is 2. The van der Waals surface area contributed by atoms with Crippen molar-refractivity contribution in [3.63, 3.8) is 0 Å². The minimum absolute atomic E-state index is 0.0842. The van der Waals surface area contributed by atoms with E-state index in [0.717, 1.165) is 23.1 Å². The van der Waals surface area contributed by atoms with Crippen LogP contribution in [0.4, 0.5) is 0 Å². The van der Waals surface area contributed by atoms with Gasteiger partial charge in [0.15, 0.2) is 0 Å². The lowest BCUT2D eigenvalue weighted by molar-refractivity contribution is -0.139. The zero-order valence-electron chi connectivity index (χ0n) is 20.4. The molecule has 1 saturated heterocycles. The first-order valence-electron chi connectivity index (χ1n) is 11.5. The molecular weight excluding hydrogens is 444 g/mol. The van der Waals surface area contributed by atoms with Crippen molar-refractivity contribution in [2.24, 2.45) is 0 Å². The fourth-order valence-electron chi connectivity index (χ4n) is 4.48. The summed E-state index contributed by atoms with van der Waals surface area (Å²) in [7, 11) is 7.10. The second kappa shape index (κ2) is 10.2. The molecule has 0 saturated carbocycles. The molecule has 1 unspecified atom stereocenters. The molecule has 0 radical (unpaired) electrons. The summed E-state index contributed by atoms with van der Waals surface area (Å²) in [6.45, 7) is 1.15. The Balaban J connectivity index is 1.82. The number of methoxy groups -OCH3 is 2. The molecule has 1 aliphatic heterocycles. The Morgan fingerprint density at radius 3 is 2.34 bits per heavy atom. The number of hydrogen-bond donors (Lipinski definition) is 1. The molecule has 1 heterocycles. The number of likely N-dealkylation sites (tertiary alicyclic amines) is 1. The molecule has 0 spiro atoms. The highest BCUT2D eigenvalue weighted by atomic mass is 16.5. The van der Waals surface area contributed by atoms with Gasteiger partial charge in [0.05, 0.1) is 25.8 Å². The zero-order valence-corrected chi connectivity index (χ0v) is 20.4. The van der Waals surface area contributed by atoms with Crippen molar-refractivity contribution in [3.8, 4) is 11.5 Å². The Morgan fingerprint density at radius 2 is 1.63 bits per heavy atom. The van der Waals surface area contributed by atoms with Gasteiger partial charge in [0.25, 0.3) is 11.7 Å². The number of amides is 1. The average Bonchev–Trinajstić information content (AvgIpc) is 3.12. The van der Waals surface area contributed by atoms with Crippen molar-refractivity contribution in [2.45, 2.75) is 12.5 Å². The minimum atomic E-state index is -0.709. The molecule has 1 fully saturated rings. The predicted molar refractivity (Wildman–Crippen MR) is 136 cm³/mol. The highest BCUT2D eigenvalue weighted by molar-refractivity contribution is 6.46. The minimum Gasteiger partial charge on any atom is -0.507 e. The van der Waals surface area contributed by atoms with Crippen molar-refractivity contribution >= 4 is 28.2 Å². The van der Waals surface area contributed by atoms with Gasteiger partial charge in [-0.15, -0.1) is 0 Å². The zero-order chi connectivity index (χ0) is 25.1. The molecule has 0 aromatic heterocycles. The summed E-state index contributed by atoms with van der Waals surface area (Å²) >= 11 is 0. The van der Waals surface area contributed by atoms with Crippen molar-refractivity contribution in [3.05, 3.63) is 77.4 Å². The maximum atomic E-state index is 13.2. The van der Waals surface area contributed by atoms with Crippen LogP contribution in [0, 0.1) is 0 Å². The fraction of sp³-hybridized carbons (Fsp3) is 0.286. The molecule has 1 amide bonds. The lowest BCUT2D eigenvalue weighted by atomic mass is 9.94. The lowest BCUT2D eigenvalue weighted by Crippen LogP contribution is -2.32. The van der Waals surface area contributed by atoms with Crippen LogP contribution < -0.4 is 9.47 Å². The van der Waals surface area contributed by atoms with Crippen LogP contribution in [0.5, 0.6) is 11.5 Å². The van der Waals surface area contributed by atoms with Crippen molar-refractivity contribution in [1.29, 1.82) is 0 Å². The monoisotopic (exact) mass is 474 g/mol. The fourth-order valence-corrected chi connectivity index (χ4v) is 4.48. The Hall–Kier alpha value is -3.84. The number of fused-ring (bicyclic) bond motifs is 1. The van der Waals surface area contributed by atoms with E-state index in [0.29, 0.717) is 29.8 Å². The second-order valence-electron chi connectivity index (χ2n) is 8.85. The van der Waals surface area contributed by atoms with Crippen LogP contribution in [0.3, 0.4) is 0 Å². The van der Waals surface area contributed by atoms with Gasteiger partial charge >= 0.3 is 0 Å². The maximum absolute atomic E-state index is 13.2. The molecule has 1 N–H and O–H groups in total. The number of ketones is 1. The number of ether oxygens (including phenoxy) is 2. The van der Waals surface area contributed by atoms with Crippen molar-refractivity contribution < 1.29 is 24.2 Å². The molecule has 1 atom stereocenters. The van der Waals surface area contributed by atoms with E-state index < -0.39 is 17.7 Å².